The zero-order chi connectivity index (χ0) is 8.39. The fourth-order valence-electron chi connectivity index (χ4n) is 1.59. The maximum atomic E-state index is 3.81. The molecule has 12 heavy (non-hydrogen) atoms. The summed E-state index contributed by atoms with van der Waals surface area (Å²) in [6.07, 6.45) is 7.52. The van der Waals surface area contributed by atoms with Crippen LogP contribution >= 0.6 is 0 Å². The third-order valence-electron chi connectivity index (χ3n) is 2.34. The van der Waals surface area contributed by atoms with Crippen molar-refractivity contribution in [3.63, 3.8) is 0 Å². The fraction of sp³-hybridized carbons (Fsp3) is 0.167. The summed E-state index contributed by atoms with van der Waals surface area (Å²) in [5, 5.41) is 0. The van der Waals surface area contributed by atoms with Gasteiger partial charge in [0.1, 0.15) is 0 Å². The molecular formula is C12H12. The van der Waals surface area contributed by atoms with Crippen LogP contribution in [0.2, 0.25) is 0 Å². The van der Waals surface area contributed by atoms with Gasteiger partial charge in [-0.05, 0) is 23.5 Å². The first-order valence-electron chi connectivity index (χ1n) is 4.29. The lowest BCUT2D eigenvalue weighted by molar-refractivity contribution is 0.798. The molecule has 0 aliphatic heterocycles. The minimum absolute atomic E-state index is 0.528. The molecule has 2 rings (SSSR count). The van der Waals surface area contributed by atoms with Gasteiger partial charge in [-0.15, -0.1) is 6.58 Å². The summed E-state index contributed by atoms with van der Waals surface area (Å²) in [6.45, 7) is 3.81. The van der Waals surface area contributed by atoms with E-state index in [0.29, 0.717) is 5.92 Å². The number of fused-ring (bicyclic) bond motifs is 1. The van der Waals surface area contributed by atoms with E-state index in [1.807, 2.05) is 6.08 Å². The Morgan fingerprint density at radius 3 is 3.00 bits per heavy atom. The highest BCUT2D eigenvalue weighted by Gasteiger charge is 2.08. The Labute approximate surface area is 73.2 Å². The summed E-state index contributed by atoms with van der Waals surface area (Å²) in [5.74, 6) is 0.528. The molecular weight excluding hydrogens is 144 g/mol. The van der Waals surface area contributed by atoms with E-state index >= 15 is 0 Å². The Balaban J connectivity index is 2.39. The molecule has 0 spiro atoms. The number of hydrogen-bond donors (Lipinski definition) is 0. The largest absolute Gasteiger partial charge is 0.102 e. The quantitative estimate of drug-likeness (QED) is 0.548. The van der Waals surface area contributed by atoms with E-state index in [9.17, 15) is 0 Å². The Bertz CT molecular complexity index is 321. The van der Waals surface area contributed by atoms with E-state index in [2.05, 4.69) is 43.0 Å². The van der Waals surface area contributed by atoms with Crippen molar-refractivity contribution in [1.29, 1.82) is 0 Å². The van der Waals surface area contributed by atoms with Crippen molar-refractivity contribution < 1.29 is 0 Å². The van der Waals surface area contributed by atoms with Crippen LogP contribution < -0.4 is 0 Å². The van der Waals surface area contributed by atoms with Crippen LogP contribution in [-0.2, 0) is 6.42 Å². The van der Waals surface area contributed by atoms with Crippen molar-refractivity contribution in [3.05, 3.63) is 54.1 Å². The maximum Gasteiger partial charge on any atom is -0.00122 e. The van der Waals surface area contributed by atoms with Crippen molar-refractivity contribution >= 4 is 6.08 Å². The first kappa shape index (κ1) is 7.35. The molecule has 0 nitrogen and oxygen atoms in total. The standard InChI is InChI=1S/C12H12/c1-2-10-7-8-11-5-3-4-6-12(11)9-10/h2-8,10H,1,9H2/t10-/m1/s1. The maximum absolute atomic E-state index is 3.81. The van der Waals surface area contributed by atoms with Gasteiger partial charge in [-0.2, -0.15) is 0 Å². The minimum atomic E-state index is 0.528. The molecule has 0 unspecified atom stereocenters. The van der Waals surface area contributed by atoms with E-state index in [1.54, 1.807) is 0 Å². The Kier molecular flexibility index (Phi) is 1.83. The topological polar surface area (TPSA) is 0 Å². The molecule has 1 aliphatic rings. The van der Waals surface area contributed by atoms with Crippen LogP contribution in [0.5, 0.6) is 0 Å². The second kappa shape index (κ2) is 2.98. The van der Waals surface area contributed by atoms with Crippen LogP contribution in [0.4, 0.5) is 0 Å². The Morgan fingerprint density at radius 2 is 2.17 bits per heavy atom. The molecule has 0 aromatic heterocycles. The predicted octanol–water partition coefficient (Wildman–Crippen LogP) is 3.06. The van der Waals surface area contributed by atoms with Crippen molar-refractivity contribution in [3.8, 4) is 0 Å². The number of allylic oxidation sites excluding steroid dienone is 2. The Morgan fingerprint density at radius 1 is 1.33 bits per heavy atom. The van der Waals surface area contributed by atoms with E-state index in [1.165, 1.54) is 11.1 Å². The zero-order valence-electron chi connectivity index (χ0n) is 7.03. The van der Waals surface area contributed by atoms with Gasteiger partial charge in [-0.25, -0.2) is 0 Å². The molecule has 0 amide bonds. The molecule has 1 aromatic rings. The zero-order valence-corrected chi connectivity index (χ0v) is 7.03. The van der Waals surface area contributed by atoms with Crippen LogP contribution in [0, 0.1) is 5.92 Å². The fourth-order valence-corrected chi connectivity index (χ4v) is 1.59. The van der Waals surface area contributed by atoms with E-state index in [4.69, 9.17) is 0 Å². The van der Waals surface area contributed by atoms with E-state index in [-0.39, 0.29) is 0 Å². The Hall–Kier alpha value is -1.30. The summed E-state index contributed by atoms with van der Waals surface area (Å²) in [6, 6.07) is 8.52. The predicted molar refractivity (Wildman–Crippen MR) is 52.9 cm³/mol. The average Bonchev–Trinajstić information content (AvgIpc) is 2.17. The normalized spacial score (nSPS) is 20.2. The van der Waals surface area contributed by atoms with E-state index in [0.717, 1.165) is 6.42 Å². The van der Waals surface area contributed by atoms with Gasteiger partial charge in [0.2, 0.25) is 0 Å². The lowest BCUT2D eigenvalue weighted by Gasteiger charge is -2.15. The van der Waals surface area contributed by atoms with E-state index < -0.39 is 0 Å². The second-order valence-electron chi connectivity index (χ2n) is 3.16. The monoisotopic (exact) mass is 156 g/mol. The summed E-state index contributed by atoms with van der Waals surface area (Å²) in [4.78, 5) is 0. The van der Waals surface area contributed by atoms with Crippen LogP contribution in [0.25, 0.3) is 6.08 Å². The van der Waals surface area contributed by atoms with Crippen LogP contribution in [0.15, 0.2) is 43.0 Å². The highest BCUT2D eigenvalue weighted by molar-refractivity contribution is 5.57. The van der Waals surface area contributed by atoms with Crippen molar-refractivity contribution in [1.82, 2.24) is 0 Å². The van der Waals surface area contributed by atoms with Gasteiger partial charge in [0, 0.05) is 0 Å². The lowest BCUT2D eigenvalue weighted by Crippen LogP contribution is -2.03. The molecule has 0 heterocycles. The molecule has 0 bridgehead atoms. The first-order valence-corrected chi connectivity index (χ1v) is 4.29. The summed E-state index contributed by atoms with van der Waals surface area (Å²) in [5.41, 5.74) is 2.79. The summed E-state index contributed by atoms with van der Waals surface area (Å²) in [7, 11) is 0. The average molecular weight is 156 g/mol. The summed E-state index contributed by atoms with van der Waals surface area (Å²) < 4.78 is 0. The van der Waals surface area contributed by atoms with Crippen LogP contribution in [-0.4, -0.2) is 0 Å². The second-order valence-corrected chi connectivity index (χ2v) is 3.16. The molecule has 1 aromatic carbocycles. The van der Waals surface area contributed by atoms with Crippen molar-refractivity contribution in [2.75, 3.05) is 0 Å². The van der Waals surface area contributed by atoms with Gasteiger partial charge < -0.3 is 0 Å². The van der Waals surface area contributed by atoms with Gasteiger partial charge in [-0.1, -0.05) is 42.5 Å². The number of benzene rings is 1. The van der Waals surface area contributed by atoms with Gasteiger partial charge in [0.25, 0.3) is 0 Å². The van der Waals surface area contributed by atoms with Crippen LogP contribution in [0.1, 0.15) is 11.1 Å². The van der Waals surface area contributed by atoms with Gasteiger partial charge in [0.15, 0.2) is 0 Å². The highest BCUT2D eigenvalue weighted by atomic mass is 14.1. The molecule has 60 valence electrons. The lowest BCUT2D eigenvalue weighted by atomic mass is 9.90. The van der Waals surface area contributed by atoms with Crippen molar-refractivity contribution in [2.24, 2.45) is 5.92 Å². The third kappa shape index (κ3) is 1.20. The summed E-state index contributed by atoms with van der Waals surface area (Å²) >= 11 is 0. The molecule has 0 heteroatoms. The molecule has 0 saturated heterocycles. The van der Waals surface area contributed by atoms with Gasteiger partial charge in [-0.3, -0.25) is 0 Å². The number of rotatable bonds is 1. The molecule has 1 aliphatic carbocycles. The molecule has 0 saturated carbocycles. The van der Waals surface area contributed by atoms with Crippen molar-refractivity contribution in [2.45, 2.75) is 6.42 Å². The molecule has 0 N–H and O–H groups in total. The van der Waals surface area contributed by atoms with Gasteiger partial charge >= 0.3 is 0 Å². The molecule has 0 radical (unpaired) electrons. The molecule has 1 atom stereocenters. The van der Waals surface area contributed by atoms with Crippen LogP contribution in [0.3, 0.4) is 0 Å². The SMILES string of the molecule is C=C[C@@H]1C=Cc2ccccc2C1. The number of hydrogen-bond acceptors (Lipinski definition) is 0. The smallest absolute Gasteiger partial charge is 0.00122 e. The minimum Gasteiger partial charge on any atom is -0.102 e. The first-order chi connectivity index (χ1) is 5.90. The molecule has 0 fully saturated rings. The third-order valence-corrected chi connectivity index (χ3v) is 2.34. The van der Waals surface area contributed by atoms with Gasteiger partial charge in [0.05, 0.1) is 0 Å². The highest BCUT2D eigenvalue weighted by Crippen LogP contribution is 2.22.